The number of carbonyl (C=O) groups is 1. The molecule has 7 rings (SSSR count). The Kier molecular flexibility index (Phi) is 5.34. The molecule has 4 aromatic carbocycles. The van der Waals surface area contributed by atoms with Gasteiger partial charge in [-0.25, -0.2) is 0 Å². The molecule has 0 radical (unpaired) electrons. The standard InChI is InChI=1S/C31H24O11/c1-39-24-12-19-20(35)13-23-26(28(19)40-27(24)14-2-6-16(32)7-3-14)30(38)29(37)25-21(36)10-18(34)11-22(25)41-31(30,42-23)15-4-8-17(33)9-5-15/h2-11,13,24,27,32-36,38H,12H2,1H3. The Morgan fingerprint density at radius 1 is 0.810 bits per heavy atom. The molecule has 4 atom stereocenters. The number of hydrogen-bond donors (Lipinski definition) is 6. The van der Waals surface area contributed by atoms with E-state index in [1.165, 1.54) is 49.6 Å². The summed E-state index contributed by atoms with van der Waals surface area (Å²) in [6.07, 6.45) is -1.28. The minimum atomic E-state index is -2.70. The van der Waals surface area contributed by atoms with Crippen LogP contribution in [0.1, 0.15) is 38.7 Å². The molecule has 214 valence electrons. The van der Waals surface area contributed by atoms with Gasteiger partial charge in [-0.15, -0.1) is 0 Å². The summed E-state index contributed by atoms with van der Waals surface area (Å²) in [4.78, 5) is 14.4. The highest BCUT2D eigenvalue weighted by molar-refractivity contribution is 6.10. The number of rotatable bonds is 3. The number of benzene rings is 4. The smallest absolute Gasteiger partial charge is 0.319 e. The van der Waals surface area contributed by atoms with Crippen LogP contribution in [0.15, 0.2) is 66.7 Å². The predicted octanol–water partition coefficient (Wildman–Crippen LogP) is 3.61. The molecule has 0 amide bonds. The van der Waals surface area contributed by atoms with E-state index in [1.54, 1.807) is 12.1 Å². The maximum atomic E-state index is 14.4. The molecular formula is C31H24O11. The maximum Gasteiger partial charge on any atom is 0.319 e. The highest BCUT2D eigenvalue weighted by Gasteiger charge is 2.72. The molecule has 3 heterocycles. The van der Waals surface area contributed by atoms with Crippen molar-refractivity contribution >= 4 is 5.78 Å². The first-order valence-electron chi connectivity index (χ1n) is 13.0. The van der Waals surface area contributed by atoms with Crippen LogP contribution in [0.25, 0.3) is 0 Å². The summed E-state index contributed by atoms with van der Waals surface area (Å²) in [5.74, 6) is -5.12. The molecular weight excluding hydrogens is 548 g/mol. The van der Waals surface area contributed by atoms with Gasteiger partial charge >= 0.3 is 5.79 Å². The topological polar surface area (TPSA) is 175 Å². The molecule has 11 heteroatoms. The van der Waals surface area contributed by atoms with Crippen LogP contribution in [0, 0.1) is 0 Å². The Morgan fingerprint density at radius 3 is 2.12 bits per heavy atom. The van der Waals surface area contributed by atoms with E-state index in [2.05, 4.69) is 0 Å². The molecule has 6 N–H and O–H groups in total. The number of hydrogen-bond acceptors (Lipinski definition) is 11. The zero-order valence-electron chi connectivity index (χ0n) is 21.9. The molecule has 0 bridgehead atoms. The molecule has 0 aliphatic carbocycles. The van der Waals surface area contributed by atoms with Crippen molar-refractivity contribution in [3.05, 3.63) is 94.5 Å². The third-order valence-electron chi connectivity index (χ3n) is 8.05. The van der Waals surface area contributed by atoms with Crippen LogP contribution in [-0.4, -0.2) is 49.6 Å². The SMILES string of the molecule is COC1Cc2c(O)cc3c(c2OC1c1ccc(O)cc1)C1(O)C(=O)c2c(O)cc(O)cc2OC1(c1ccc(O)cc1)O3. The van der Waals surface area contributed by atoms with Gasteiger partial charge in [0.1, 0.15) is 57.7 Å². The monoisotopic (exact) mass is 572 g/mol. The summed E-state index contributed by atoms with van der Waals surface area (Å²) in [5, 5.41) is 64.3. The van der Waals surface area contributed by atoms with E-state index in [-0.39, 0.29) is 57.6 Å². The van der Waals surface area contributed by atoms with Crippen LogP contribution in [0.3, 0.4) is 0 Å². The summed E-state index contributed by atoms with van der Waals surface area (Å²) < 4.78 is 24.6. The molecule has 0 saturated heterocycles. The van der Waals surface area contributed by atoms with Crippen molar-refractivity contribution in [2.24, 2.45) is 0 Å². The van der Waals surface area contributed by atoms with Gasteiger partial charge in [0.15, 0.2) is 6.10 Å². The molecule has 42 heavy (non-hydrogen) atoms. The van der Waals surface area contributed by atoms with Gasteiger partial charge < -0.3 is 49.6 Å². The van der Waals surface area contributed by atoms with Crippen molar-refractivity contribution in [2.75, 3.05) is 7.11 Å². The third-order valence-corrected chi connectivity index (χ3v) is 8.05. The second kappa shape index (κ2) is 8.68. The third kappa shape index (κ3) is 3.31. The lowest BCUT2D eigenvalue weighted by Crippen LogP contribution is -2.60. The number of ether oxygens (including phenoxy) is 4. The minimum Gasteiger partial charge on any atom is -0.508 e. The average molecular weight is 573 g/mol. The van der Waals surface area contributed by atoms with Crippen molar-refractivity contribution in [1.82, 2.24) is 0 Å². The van der Waals surface area contributed by atoms with E-state index in [0.29, 0.717) is 5.56 Å². The summed E-state index contributed by atoms with van der Waals surface area (Å²) in [6, 6.07) is 14.9. The lowest BCUT2D eigenvalue weighted by atomic mass is 9.74. The molecule has 4 aromatic rings. The lowest BCUT2D eigenvalue weighted by molar-refractivity contribution is -0.218. The van der Waals surface area contributed by atoms with Crippen LogP contribution >= 0.6 is 0 Å². The van der Waals surface area contributed by atoms with Crippen molar-refractivity contribution in [2.45, 2.75) is 30.0 Å². The molecule has 0 aromatic heterocycles. The number of phenols is 5. The van der Waals surface area contributed by atoms with E-state index in [4.69, 9.17) is 18.9 Å². The van der Waals surface area contributed by atoms with Gasteiger partial charge in [-0.3, -0.25) is 4.79 Å². The van der Waals surface area contributed by atoms with E-state index in [0.717, 1.165) is 12.1 Å². The van der Waals surface area contributed by atoms with E-state index in [1.807, 2.05) is 0 Å². The van der Waals surface area contributed by atoms with Crippen molar-refractivity contribution in [1.29, 1.82) is 0 Å². The zero-order valence-corrected chi connectivity index (χ0v) is 21.9. The zero-order chi connectivity index (χ0) is 29.6. The predicted molar refractivity (Wildman–Crippen MR) is 143 cm³/mol. The van der Waals surface area contributed by atoms with E-state index >= 15 is 0 Å². The first-order valence-corrected chi connectivity index (χ1v) is 13.0. The Bertz CT molecular complexity index is 1770. The van der Waals surface area contributed by atoms with Crippen molar-refractivity contribution < 1.29 is 54.4 Å². The Hall–Kier alpha value is -5.13. The average Bonchev–Trinajstić information content (AvgIpc) is 3.22. The normalized spacial score (nSPS) is 25.2. The second-order valence-electron chi connectivity index (χ2n) is 10.4. The molecule has 0 fully saturated rings. The van der Waals surface area contributed by atoms with Gasteiger partial charge in [0.2, 0.25) is 11.4 Å². The quantitative estimate of drug-likeness (QED) is 0.212. The Balaban J connectivity index is 1.50. The van der Waals surface area contributed by atoms with E-state index in [9.17, 15) is 35.4 Å². The number of ketones is 1. The molecule has 0 saturated carbocycles. The molecule has 11 nitrogen and oxygen atoms in total. The Labute approximate surface area is 238 Å². The molecule has 3 aliphatic rings. The number of aromatic hydroxyl groups is 5. The van der Waals surface area contributed by atoms with Crippen LogP contribution in [0.4, 0.5) is 0 Å². The lowest BCUT2D eigenvalue weighted by Gasteiger charge is -2.44. The fraction of sp³-hybridized carbons (Fsp3) is 0.194. The fourth-order valence-corrected chi connectivity index (χ4v) is 6.07. The van der Waals surface area contributed by atoms with Crippen LogP contribution < -0.4 is 14.2 Å². The van der Waals surface area contributed by atoms with Crippen molar-refractivity contribution in [3.63, 3.8) is 0 Å². The summed E-state index contributed by atoms with van der Waals surface area (Å²) in [7, 11) is 1.48. The van der Waals surface area contributed by atoms with Crippen molar-refractivity contribution in [3.8, 4) is 46.0 Å². The number of carbonyl (C=O) groups excluding carboxylic acids is 1. The number of aliphatic hydroxyl groups is 1. The number of methoxy groups -OCH3 is 1. The van der Waals surface area contributed by atoms with E-state index < -0.39 is 46.4 Å². The first-order chi connectivity index (χ1) is 20.1. The number of phenolic OH excluding ortho intramolecular Hbond substituents is 5. The molecule has 4 unspecified atom stereocenters. The van der Waals surface area contributed by atoms with Crippen LogP contribution in [-0.2, 0) is 22.5 Å². The fourth-order valence-electron chi connectivity index (χ4n) is 6.07. The maximum absolute atomic E-state index is 14.4. The summed E-state index contributed by atoms with van der Waals surface area (Å²) >= 11 is 0. The van der Waals surface area contributed by atoms with Crippen LogP contribution in [0.2, 0.25) is 0 Å². The number of fused-ring (bicyclic) bond motifs is 6. The minimum absolute atomic E-state index is 0.0401. The van der Waals surface area contributed by atoms with Gasteiger partial charge in [0.25, 0.3) is 0 Å². The van der Waals surface area contributed by atoms with Crippen LogP contribution in [0.5, 0.6) is 46.0 Å². The van der Waals surface area contributed by atoms with Gasteiger partial charge in [-0.1, -0.05) is 12.1 Å². The second-order valence-corrected chi connectivity index (χ2v) is 10.4. The van der Waals surface area contributed by atoms with Gasteiger partial charge in [-0.05, 0) is 42.0 Å². The van der Waals surface area contributed by atoms with Gasteiger partial charge in [-0.2, -0.15) is 0 Å². The number of Topliss-reactive ketones (excluding diaryl/α,β-unsaturated/α-hetero) is 1. The summed E-state index contributed by atoms with van der Waals surface area (Å²) in [5.41, 5.74) is -2.29. The highest BCUT2D eigenvalue weighted by Crippen LogP contribution is 2.64. The molecule has 3 aliphatic heterocycles. The van der Waals surface area contributed by atoms with Gasteiger partial charge in [0, 0.05) is 42.9 Å². The largest absolute Gasteiger partial charge is 0.508 e. The summed E-state index contributed by atoms with van der Waals surface area (Å²) in [6.45, 7) is 0. The molecule has 0 spiro atoms. The Morgan fingerprint density at radius 2 is 1.45 bits per heavy atom. The first kappa shape index (κ1) is 25.8. The van der Waals surface area contributed by atoms with Gasteiger partial charge in [0.05, 0.1) is 5.56 Å². The highest BCUT2D eigenvalue weighted by atomic mass is 16.7.